The van der Waals surface area contributed by atoms with Gasteiger partial charge in [0.2, 0.25) is 0 Å². The predicted octanol–water partition coefficient (Wildman–Crippen LogP) is 7.63. The highest BCUT2D eigenvalue weighted by Crippen LogP contribution is 2.40. The molecule has 0 spiro atoms. The van der Waals surface area contributed by atoms with E-state index in [1.165, 1.54) is 16.8 Å². The van der Waals surface area contributed by atoms with Crippen molar-refractivity contribution in [1.29, 1.82) is 0 Å². The molecule has 1 N–H and O–H groups in total. The summed E-state index contributed by atoms with van der Waals surface area (Å²) in [5.41, 5.74) is 3.83. The Morgan fingerprint density at radius 2 is 1.55 bits per heavy atom. The van der Waals surface area contributed by atoms with E-state index in [0.717, 1.165) is 47.6 Å². The lowest BCUT2D eigenvalue weighted by Crippen LogP contribution is -2.14. The van der Waals surface area contributed by atoms with Gasteiger partial charge in [-0.3, -0.25) is 0 Å². The molecule has 0 saturated carbocycles. The summed E-state index contributed by atoms with van der Waals surface area (Å²) in [5, 5.41) is 8.04. The van der Waals surface area contributed by atoms with Crippen molar-refractivity contribution in [3.63, 3.8) is 0 Å². The van der Waals surface area contributed by atoms with E-state index < -0.39 is 11.7 Å². The van der Waals surface area contributed by atoms with Crippen LogP contribution >= 0.6 is 11.6 Å². The van der Waals surface area contributed by atoms with Crippen molar-refractivity contribution >= 4 is 17.4 Å². The zero-order valence-corrected chi connectivity index (χ0v) is 18.4. The standard InChI is InChI=1S/C26H21ClF3N3/c27-20-13-14-23(22(16-20)26(28,29)30)33-25-21(8-4-5-15-31-25)24(32-33)19-11-9-18(10-12-19)17-6-2-1-3-7-17/h1-3,6-7,9-14,16,31H,4-5,8,15H2. The molecule has 33 heavy (non-hydrogen) atoms. The minimum atomic E-state index is -4.55. The maximum Gasteiger partial charge on any atom is 0.418 e. The number of nitrogens with one attached hydrogen (secondary N) is 1. The molecule has 0 bridgehead atoms. The number of rotatable bonds is 3. The first-order valence-electron chi connectivity index (χ1n) is 10.8. The van der Waals surface area contributed by atoms with E-state index in [0.29, 0.717) is 18.1 Å². The van der Waals surface area contributed by atoms with E-state index in [4.69, 9.17) is 16.7 Å². The van der Waals surface area contributed by atoms with Crippen LogP contribution < -0.4 is 5.32 Å². The number of fused-ring (bicyclic) bond motifs is 1. The van der Waals surface area contributed by atoms with Gasteiger partial charge in [-0.05, 0) is 48.6 Å². The maximum absolute atomic E-state index is 13.8. The average molecular weight is 468 g/mol. The van der Waals surface area contributed by atoms with Gasteiger partial charge in [0.1, 0.15) is 5.82 Å². The third-order valence-corrected chi connectivity index (χ3v) is 6.12. The van der Waals surface area contributed by atoms with Crippen molar-refractivity contribution in [2.24, 2.45) is 0 Å². The minimum Gasteiger partial charge on any atom is -0.370 e. The van der Waals surface area contributed by atoms with Crippen LogP contribution in [0.4, 0.5) is 19.0 Å². The molecule has 0 fully saturated rings. The minimum absolute atomic E-state index is 0.0361. The van der Waals surface area contributed by atoms with Gasteiger partial charge in [-0.25, -0.2) is 4.68 Å². The molecule has 5 rings (SSSR count). The second-order valence-electron chi connectivity index (χ2n) is 8.07. The van der Waals surface area contributed by atoms with Gasteiger partial charge in [-0.2, -0.15) is 18.3 Å². The van der Waals surface area contributed by atoms with Crippen LogP contribution in [0.3, 0.4) is 0 Å². The first-order valence-corrected chi connectivity index (χ1v) is 11.2. The van der Waals surface area contributed by atoms with Crippen LogP contribution in [0.5, 0.6) is 0 Å². The van der Waals surface area contributed by atoms with Crippen LogP contribution in [0, 0.1) is 0 Å². The van der Waals surface area contributed by atoms with Crippen molar-refractivity contribution in [2.45, 2.75) is 25.4 Å². The summed E-state index contributed by atoms with van der Waals surface area (Å²) in [6, 6.07) is 21.8. The van der Waals surface area contributed by atoms with Gasteiger partial charge in [-0.15, -0.1) is 0 Å². The van der Waals surface area contributed by atoms with Crippen molar-refractivity contribution in [3.05, 3.63) is 88.9 Å². The molecule has 1 aliphatic rings. The van der Waals surface area contributed by atoms with Gasteiger partial charge in [0, 0.05) is 22.7 Å². The lowest BCUT2D eigenvalue weighted by atomic mass is 10.00. The van der Waals surface area contributed by atoms with Crippen LogP contribution in [0.25, 0.3) is 28.1 Å². The first kappa shape index (κ1) is 21.6. The van der Waals surface area contributed by atoms with Crippen LogP contribution in [0.15, 0.2) is 72.8 Å². The Bertz CT molecular complexity index is 1280. The number of aromatic nitrogens is 2. The number of alkyl halides is 3. The van der Waals surface area contributed by atoms with Crippen LogP contribution in [0.1, 0.15) is 24.0 Å². The van der Waals surface area contributed by atoms with Gasteiger partial charge in [0.15, 0.2) is 0 Å². The smallest absolute Gasteiger partial charge is 0.370 e. The van der Waals surface area contributed by atoms with E-state index >= 15 is 0 Å². The summed E-state index contributed by atoms with van der Waals surface area (Å²) in [6.07, 6.45) is -1.93. The predicted molar refractivity (Wildman–Crippen MR) is 126 cm³/mol. The van der Waals surface area contributed by atoms with E-state index in [9.17, 15) is 13.2 Å². The zero-order chi connectivity index (χ0) is 23.0. The number of hydrogen-bond acceptors (Lipinski definition) is 2. The Labute approximate surface area is 194 Å². The Morgan fingerprint density at radius 1 is 0.848 bits per heavy atom. The Kier molecular flexibility index (Phi) is 5.62. The topological polar surface area (TPSA) is 29.9 Å². The second kappa shape index (κ2) is 8.60. The monoisotopic (exact) mass is 467 g/mol. The van der Waals surface area contributed by atoms with Crippen molar-refractivity contribution in [2.75, 3.05) is 11.9 Å². The molecule has 1 aliphatic heterocycles. The summed E-state index contributed by atoms with van der Waals surface area (Å²) in [4.78, 5) is 0. The zero-order valence-electron chi connectivity index (χ0n) is 17.7. The molecule has 2 heterocycles. The molecule has 3 nitrogen and oxygen atoms in total. The molecular formula is C26H21ClF3N3. The van der Waals surface area contributed by atoms with Crippen molar-refractivity contribution < 1.29 is 13.2 Å². The lowest BCUT2D eigenvalue weighted by molar-refractivity contribution is -0.137. The molecule has 0 unspecified atom stereocenters. The highest BCUT2D eigenvalue weighted by molar-refractivity contribution is 6.30. The third kappa shape index (κ3) is 4.23. The number of nitrogens with zero attached hydrogens (tertiary/aromatic N) is 2. The first-order chi connectivity index (χ1) is 15.9. The lowest BCUT2D eigenvalue weighted by Gasteiger charge is -2.16. The Balaban J connectivity index is 1.64. The largest absolute Gasteiger partial charge is 0.418 e. The molecule has 0 saturated heterocycles. The summed E-state index contributed by atoms with van der Waals surface area (Å²) in [6.45, 7) is 0.681. The van der Waals surface area contributed by atoms with Crippen molar-refractivity contribution in [1.82, 2.24) is 9.78 Å². The number of halogens is 4. The average Bonchev–Trinajstić information content (AvgIpc) is 2.99. The summed E-state index contributed by atoms with van der Waals surface area (Å²) >= 11 is 5.90. The van der Waals surface area contributed by atoms with Crippen LogP contribution in [0.2, 0.25) is 5.02 Å². The highest BCUT2D eigenvalue weighted by Gasteiger charge is 2.36. The Hall–Kier alpha value is -3.25. The summed E-state index contributed by atoms with van der Waals surface area (Å²) in [7, 11) is 0. The van der Waals surface area contributed by atoms with Gasteiger partial charge in [0.25, 0.3) is 0 Å². The molecule has 168 valence electrons. The van der Waals surface area contributed by atoms with Crippen LogP contribution in [-0.4, -0.2) is 16.3 Å². The fraction of sp³-hybridized carbons (Fsp3) is 0.192. The maximum atomic E-state index is 13.8. The van der Waals surface area contributed by atoms with Crippen molar-refractivity contribution in [3.8, 4) is 28.1 Å². The fourth-order valence-electron chi connectivity index (χ4n) is 4.28. The van der Waals surface area contributed by atoms with Gasteiger partial charge < -0.3 is 5.32 Å². The molecule has 0 atom stereocenters. The van der Waals surface area contributed by atoms with Crippen LogP contribution in [-0.2, 0) is 12.6 Å². The van der Waals surface area contributed by atoms with E-state index in [-0.39, 0.29) is 10.7 Å². The summed E-state index contributed by atoms with van der Waals surface area (Å²) < 4.78 is 42.9. The molecule has 0 radical (unpaired) electrons. The van der Waals surface area contributed by atoms with E-state index in [1.54, 1.807) is 0 Å². The second-order valence-corrected chi connectivity index (χ2v) is 8.51. The molecule has 0 amide bonds. The number of hydrogen-bond donors (Lipinski definition) is 1. The van der Waals surface area contributed by atoms with Gasteiger partial charge in [0.05, 0.1) is 16.9 Å². The van der Waals surface area contributed by atoms with Gasteiger partial charge >= 0.3 is 6.18 Å². The van der Waals surface area contributed by atoms with Gasteiger partial charge in [-0.1, -0.05) is 66.2 Å². The fourth-order valence-corrected chi connectivity index (χ4v) is 4.45. The van der Waals surface area contributed by atoms with E-state index in [1.807, 2.05) is 54.6 Å². The summed E-state index contributed by atoms with van der Waals surface area (Å²) in [5.74, 6) is 0.613. The third-order valence-electron chi connectivity index (χ3n) is 5.89. The molecule has 7 heteroatoms. The Morgan fingerprint density at radius 3 is 2.27 bits per heavy atom. The molecule has 4 aromatic rings. The molecular weight excluding hydrogens is 447 g/mol. The molecule has 0 aliphatic carbocycles. The molecule has 1 aromatic heterocycles. The molecule has 3 aromatic carbocycles. The highest BCUT2D eigenvalue weighted by atomic mass is 35.5. The normalized spacial score (nSPS) is 13.8. The number of benzene rings is 3. The number of anilines is 1. The quantitative estimate of drug-likeness (QED) is 0.335. The van der Waals surface area contributed by atoms with E-state index in [2.05, 4.69) is 5.32 Å². The SMILES string of the molecule is FC(F)(F)c1cc(Cl)ccc1-n1nc(-c2ccc(-c3ccccc3)cc2)c2c1NCCCC2.